The highest BCUT2D eigenvalue weighted by Gasteiger charge is 2.54. The smallest absolute Gasteiger partial charge is 0.252 e. The van der Waals surface area contributed by atoms with Crippen molar-refractivity contribution >= 4 is 56.6 Å². The zero-order valence-electron chi connectivity index (χ0n) is 26.4. The summed E-state index contributed by atoms with van der Waals surface area (Å²) in [6, 6.07) is 26.0. The Morgan fingerprint density at radius 2 is 1.76 bits per heavy atom. The first-order chi connectivity index (χ1) is 23.6. The average Bonchev–Trinajstić information content (AvgIpc) is 3.49. The van der Waals surface area contributed by atoms with Crippen molar-refractivity contribution in [1.29, 1.82) is 0 Å². The second kappa shape index (κ2) is 16.9. The van der Waals surface area contributed by atoms with Gasteiger partial charge < -0.3 is 19.9 Å². The van der Waals surface area contributed by atoms with Gasteiger partial charge in [0.25, 0.3) is 5.91 Å². The van der Waals surface area contributed by atoms with Crippen LogP contribution in [0.1, 0.15) is 35.6 Å². The van der Waals surface area contributed by atoms with Crippen molar-refractivity contribution < 1.29 is 32.2 Å². The zero-order valence-corrected chi connectivity index (χ0v) is 29.5. The Kier molecular flexibility index (Phi) is 12.6. The Morgan fingerprint density at radius 3 is 2.45 bits per heavy atom. The molecule has 8 nitrogen and oxygen atoms in total. The maximum Gasteiger partial charge on any atom is 0.252 e. The van der Waals surface area contributed by atoms with Gasteiger partial charge in [-0.25, -0.2) is 17.8 Å². The van der Waals surface area contributed by atoms with Gasteiger partial charge in [0.05, 0.1) is 17.3 Å². The van der Waals surface area contributed by atoms with E-state index in [0.29, 0.717) is 46.4 Å². The normalized spacial score (nSPS) is 17.3. The van der Waals surface area contributed by atoms with Crippen molar-refractivity contribution in [3.8, 4) is 5.75 Å². The molecule has 0 aliphatic carbocycles. The molecule has 0 spiro atoms. The maximum absolute atomic E-state index is 14.4. The third kappa shape index (κ3) is 9.34. The fraction of sp³-hybridized carbons (Fsp3) is 0.278. The van der Waals surface area contributed by atoms with Crippen LogP contribution in [0.4, 0.5) is 4.39 Å². The van der Waals surface area contributed by atoms with Gasteiger partial charge in [0.2, 0.25) is 5.90 Å². The van der Waals surface area contributed by atoms with Crippen LogP contribution in [0, 0.1) is 5.82 Å². The topological polar surface area (TPSA) is 114 Å². The number of sulfone groups is 1. The minimum atomic E-state index is -3.83. The maximum atomic E-state index is 14.4. The summed E-state index contributed by atoms with van der Waals surface area (Å²) in [5.74, 6) is 0.627. The number of halogens is 3. The monoisotopic (exact) mass is 744 g/mol. The molecule has 0 radical (unpaired) electrons. The van der Waals surface area contributed by atoms with E-state index in [1.165, 1.54) is 30.3 Å². The molecule has 2 atom stereocenters. The van der Waals surface area contributed by atoms with Crippen LogP contribution >= 0.6 is 35.0 Å². The molecule has 4 aromatic carbocycles. The summed E-state index contributed by atoms with van der Waals surface area (Å²) in [6.07, 6.45) is -0.825. The third-order valence-corrected chi connectivity index (χ3v) is 11.2. The Morgan fingerprint density at radius 1 is 1.02 bits per heavy atom. The summed E-state index contributed by atoms with van der Waals surface area (Å²) in [4.78, 5) is 19.4. The van der Waals surface area contributed by atoms with Crippen LogP contribution in [0.5, 0.6) is 5.75 Å². The van der Waals surface area contributed by atoms with E-state index in [2.05, 4.69) is 5.32 Å². The Hall–Kier alpha value is -3.61. The van der Waals surface area contributed by atoms with Gasteiger partial charge in [0, 0.05) is 58.7 Å². The summed E-state index contributed by atoms with van der Waals surface area (Å²) in [7, 11) is -3.83. The Balaban J connectivity index is 1.46. The number of carbonyl (C=O) groups is 1. The van der Waals surface area contributed by atoms with Crippen LogP contribution in [-0.4, -0.2) is 62.1 Å². The van der Waals surface area contributed by atoms with Gasteiger partial charge in [-0.1, -0.05) is 59.6 Å². The number of ether oxygens (including phenoxy) is 2. The van der Waals surface area contributed by atoms with E-state index in [4.69, 9.17) is 42.8 Å². The van der Waals surface area contributed by atoms with Gasteiger partial charge in [0.1, 0.15) is 11.6 Å². The second-order valence-corrected chi connectivity index (χ2v) is 15.3. The van der Waals surface area contributed by atoms with Crippen LogP contribution in [0.15, 0.2) is 107 Å². The van der Waals surface area contributed by atoms with Crippen molar-refractivity contribution in [3.05, 3.63) is 130 Å². The largest absolute Gasteiger partial charge is 0.494 e. The number of carbonyl (C=O) groups excluding carboxylic acids is 1. The number of hydrogen-bond acceptors (Lipinski definition) is 8. The summed E-state index contributed by atoms with van der Waals surface area (Å²) < 4.78 is 52.5. The van der Waals surface area contributed by atoms with Crippen molar-refractivity contribution in [3.63, 3.8) is 0 Å². The molecular formula is C36H35Cl2FN2O6S2. The van der Waals surface area contributed by atoms with Gasteiger partial charge in [-0.2, -0.15) is 11.8 Å². The van der Waals surface area contributed by atoms with Gasteiger partial charge in [-0.15, -0.1) is 0 Å². The molecule has 4 aromatic rings. The van der Waals surface area contributed by atoms with E-state index in [0.717, 1.165) is 5.56 Å². The predicted molar refractivity (Wildman–Crippen MR) is 192 cm³/mol. The first-order valence-electron chi connectivity index (χ1n) is 15.6. The lowest BCUT2D eigenvalue weighted by Crippen LogP contribution is -2.50. The van der Waals surface area contributed by atoms with Crippen LogP contribution in [0.2, 0.25) is 10.0 Å². The molecule has 0 unspecified atom stereocenters. The van der Waals surface area contributed by atoms with Crippen molar-refractivity contribution in [2.75, 3.05) is 31.3 Å². The van der Waals surface area contributed by atoms with Crippen LogP contribution in [-0.2, 0) is 25.1 Å². The van der Waals surface area contributed by atoms with Crippen LogP contribution in [0.25, 0.3) is 0 Å². The molecule has 0 fully saturated rings. The Labute approximate surface area is 299 Å². The molecule has 1 amide bonds. The number of aliphatic imine (C=N–C) groups is 1. The van der Waals surface area contributed by atoms with Gasteiger partial charge in [-0.05, 0) is 66.2 Å². The van der Waals surface area contributed by atoms with Gasteiger partial charge in [-0.3, -0.25) is 4.79 Å². The minimum Gasteiger partial charge on any atom is -0.494 e. The summed E-state index contributed by atoms with van der Waals surface area (Å²) in [6.45, 7) is 0.601. The molecule has 1 aliphatic rings. The van der Waals surface area contributed by atoms with Crippen molar-refractivity contribution in [2.24, 2.45) is 4.99 Å². The van der Waals surface area contributed by atoms with Gasteiger partial charge in [0.15, 0.2) is 21.5 Å². The minimum absolute atomic E-state index is 0.00839. The molecule has 0 bridgehead atoms. The summed E-state index contributed by atoms with van der Waals surface area (Å²) in [5, 5.41) is 12.6. The van der Waals surface area contributed by atoms with Crippen LogP contribution in [0.3, 0.4) is 0 Å². The lowest BCUT2D eigenvalue weighted by atomic mass is 9.85. The lowest BCUT2D eigenvalue weighted by molar-refractivity contribution is -0.128. The standard InChI is InChI=1S/C36H35Cl2FN2O6S2/c37-27-11-16-31(32(38)23-27)33-36(17-22-49(44,45)30-5-2-1-3-6-30,35(43)40-18-21-48-24-25-7-12-28(39)13-8-25)41-34(47-33)26-9-14-29(15-10-26)46-20-4-19-42/h1-3,5-16,23,33,42H,4,17-22,24H2,(H,40,43)/t33-,36-/m1/s1. The fourth-order valence-corrected chi connectivity index (χ4v) is 7.97. The quantitative estimate of drug-likeness (QED) is 0.118. The molecule has 258 valence electrons. The number of nitrogens with zero attached hydrogens (tertiary/aromatic N) is 1. The van der Waals surface area contributed by atoms with Crippen molar-refractivity contribution in [1.82, 2.24) is 5.32 Å². The summed E-state index contributed by atoms with van der Waals surface area (Å²) >= 11 is 14.5. The fourth-order valence-electron chi connectivity index (χ4n) is 5.26. The number of nitrogens with one attached hydrogen (secondary N) is 1. The van der Waals surface area contributed by atoms with E-state index in [1.54, 1.807) is 78.5 Å². The zero-order chi connectivity index (χ0) is 34.9. The SMILES string of the molecule is O=C(NCCSCc1ccc(F)cc1)[C@]1(CCS(=O)(=O)c2ccccc2)N=C(c2ccc(OCCCO)cc2)O[C@@H]1c1ccc(Cl)cc1Cl. The molecule has 5 rings (SSSR count). The number of thioether (sulfide) groups is 1. The molecular weight excluding hydrogens is 710 g/mol. The predicted octanol–water partition coefficient (Wildman–Crippen LogP) is 7.06. The molecule has 2 N–H and O–H groups in total. The first kappa shape index (κ1) is 36.7. The molecule has 0 saturated carbocycles. The van der Waals surface area contributed by atoms with Crippen molar-refractivity contribution in [2.45, 2.75) is 35.1 Å². The highest BCUT2D eigenvalue weighted by atomic mass is 35.5. The Bertz CT molecular complexity index is 1860. The second-order valence-electron chi connectivity index (χ2n) is 11.3. The number of aliphatic hydroxyl groups excluding tert-OH is 1. The number of aliphatic hydroxyl groups is 1. The van der Waals surface area contributed by atoms with Crippen LogP contribution < -0.4 is 10.1 Å². The first-order valence-corrected chi connectivity index (χ1v) is 19.1. The molecule has 1 heterocycles. The summed E-state index contributed by atoms with van der Waals surface area (Å²) in [5.41, 5.74) is 0.180. The number of amides is 1. The molecule has 49 heavy (non-hydrogen) atoms. The van der Waals surface area contributed by atoms with E-state index < -0.39 is 33.1 Å². The van der Waals surface area contributed by atoms with E-state index in [-0.39, 0.29) is 41.2 Å². The van der Waals surface area contributed by atoms with Gasteiger partial charge >= 0.3 is 0 Å². The lowest BCUT2D eigenvalue weighted by Gasteiger charge is -2.31. The molecule has 0 aromatic heterocycles. The molecule has 13 heteroatoms. The highest BCUT2D eigenvalue weighted by molar-refractivity contribution is 7.98. The molecule has 1 aliphatic heterocycles. The van der Waals surface area contributed by atoms with E-state index in [9.17, 15) is 17.6 Å². The van der Waals surface area contributed by atoms with E-state index >= 15 is 0 Å². The number of benzene rings is 4. The number of hydrogen-bond donors (Lipinski definition) is 2. The van der Waals surface area contributed by atoms with E-state index in [1.807, 2.05) is 0 Å². The average molecular weight is 746 g/mol. The highest BCUT2D eigenvalue weighted by Crippen LogP contribution is 2.45. The third-order valence-electron chi connectivity index (χ3n) is 7.84. The molecule has 0 saturated heterocycles. The number of rotatable bonds is 16.